The molecule has 2 rings (SSSR count). The Morgan fingerprint density at radius 1 is 1.35 bits per heavy atom. The maximum atomic E-state index is 11.4. The number of carbonyl (C=O) groups is 3. The highest BCUT2D eigenvalue weighted by Gasteiger charge is 2.35. The van der Waals surface area contributed by atoms with Gasteiger partial charge in [0, 0.05) is 18.1 Å². The van der Waals surface area contributed by atoms with Crippen molar-refractivity contribution in [2.75, 3.05) is 5.75 Å². The van der Waals surface area contributed by atoms with Gasteiger partial charge in [-0.25, -0.2) is 4.79 Å². The molecule has 2 amide bonds. The number of hydroxylamine groups is 2. The molecule has 0 aromatic rings. The van der Waals surface area contributed by atoms with Gasteiger partial charge in [0.25, 0.3) is 11.8 Å². The zero-order chi connectivity index (χ0) is 12.4. The van der Waals surface area contributed by atoms with E-state index in [9.17, 15) is 14.4 Å². The van der Waals surface area contributed by atoms with Gasteiger partial charge >= 0.3 is 6.16 Å². The Bertz CT molecular complexity index is 343. The van der Waals surface area contributed by atoms with Crippen molar-refractivity contribution in [3.05, 3.63) is 0 Å². The van der Waals surface area contributed by atoms with Crippen molar-refractivity contribution in [3.63, 3.8) is 0 Å². The molecule has 0 unspecified atom stereocenters. The van der Waals surface area contributed by atoms with Gasteiger partial charge in [0.1, 0.15) is 6.10 Å². The molecule has 2 fully saturated rings. The molecule has 7 heteroatoms. The molecule has 94 valence electrons. The molecule has 0 aliphatic carbocycles. The summed E-state index contributed by atoms with van der Waals surface area (Å²) in [6.07, 6.45) is -0.250. The van der Waals surface area contributed by atoms with E-state index in [0.29, 0.717) is 5.06 Å². The minimum Gasteiger partial charge on any atom is -0.428 e. The van der Waals surface area contributed by atoms with Crippen molar-refractivity contribution in [1.29, 1.82) is 0 Å². The topological polar surface area (TPSA) is 72.9 Å². The fraction of sp³-hybridized carbons (Fsp3) is 0.700. The second-order valence-electron chi connectivity index (χ2n) is 3.94. The zero-order valence-corrected chi connectivity index (χ0v) is 10.2. The standard InChI is InChI=1S/C10H13NO5S/c1-6-7(4-5-17-6)15-10(14)16-11-8(12)2-3-9(11)13/h6-7H,2-5H2,1H3/t6-,7-/m1/s1. The number of thioether (sulfide) groups is 1. The lowest BCUT2D eigenvalue weighted by atomic mass is 10.2. The van der Waals surface area contributed by atoms with Crippen LogP contribution in [0.15, 0.2) is 0 Å². The summed E-state index contributed by atoms with van der Waals surface area (Å²) in [5.41, 5.74) is 0. The summed E-state index contributed by atoms with van der Waals surface area (Å²) in [6.45, 7) is 1.96. The molecule has 0 radical (unpaired) electrons. The first kappa shape index (κ1) is 12.2. The molecule has 2 aliphatic rings. The first-order valence-corrected chi connectivity index (χ1v) is 6.49. The van der Waals surface area contributed by atoms with Crippen LogP contribution in [0, 0.1) is 0 Å². The van der Waals surface area contributed by atoms with Gasteiger partial charge in [0.15, 0.2) is 0 Å². The third-order valence-corrected chi connectivity index (χ3v) is 4.03. The Balaban J connectivity index is 1.84. The third kappa shape index (κ3) is 2.71. The number of hydrogen-bond donors (Lipinski definition) is 0. The molecule has 0 aromatic heterocycles. The normalized spacial score (nSPS) is 28.6. The Labute approximate surface area is 103 Å². The third-order valence-electron chi connectivity index (χ3n) is 2.73. The van der Waals surface area contributed by atoms with Crippen LogP contribution < -0.4 is 0 Å². The van der Waals surface area contributed by atoms with E-state index < -0.39 is 18.0 Å². The smallest absolute Gasteiger partial charge is 0.428 e. The van der Waals surface area contributed by atoms with E-state index in [0.717, 1.165) is 12.2 Å². The van der Waals surface area contributed by atoms with Crippen LogP contribution in [0.4, 0.5) is 4.79 Å². The van der Waals surface area contributed by atoms with Crippen molar-refractivity contribution in [2.24, 2.45) is 0 Å². The number of ether oxygens (including phenoxy) is 1. The highest BCUT2D eigenvalue weighted by Crippen LogP contribution is 2.29. The SMILES string of the molecule is C[C@H]1SCC[C@H]1OC(=O)ON1C(=O)CCC1=O. The molecule has 0 aromatic carbocycles. The Hall–Kier alpha value is -1.24. The van der Waals surface area contributed by atoms with Crippen LogP contribution in [0.1, 0.15) is 26.2 Å². The van der Waals surface area contributed by atoms with E-state index in [-0.39, 0.29) is 24.2 Å². The molecule has 2 saturated heterocycles. The molecule has 0 bridgehead atoms. The number of carbonyl (C=O) groups excluding carboxylic acids is 3. The molecular formula is C10H13NO5S. The lowest BCUT2D eigenvalue weighted by Gasteiger charge is -2.17. The molecule has 2 heterocycles. The van der Waals surface area contributed by atoms with Crippen LogP contribution in [0.25, 0.3) is 0 Å². The lowest BCUT2D eigenvalue weighted by Crippen LogP contribution is -2.34. The quantitative estimate of drug-likeness (QED) is 0.546. The predicted octanol–water partition coefficient (Wildman–Crippen LogP) is 1.10. The van der Waals surface area contributed by atoms with Crippen molar-refractivity contribution in [2.45, 2.75) is 37.5 Å². The fourth-order valence-corrected chi connectivity index (χ4v) is 2.89. The van der Waals surface area contributed by atoms with E-state index in [1.54, 1.807) is 11.8 Å². The highest BCUT2D eigenvalue weighted by molar-refractivity contribution is 8.00. The van der Waals surface area contributed by atoms with Crippen molar-refractivity contribution < 1.29 is 24.0 Å². The summed E-state index contributed by atoms with van der Waals surface area (Å²) >= 11 is 1.71. The summed E-state index contributed by atoms with van der Waals surface area (Å²) in [5, 5.41) is 0.710. The van der Waals surface area contributed by atoms with E-state index in [4.69, 9.17) is 4.74 Å². The molecule has 0 spiro atoms. The monoisotopic (exact) mass is 259 g/mol. The molecule has 0 saturated carbocycles. The predicted molar refractivity (Wildman–Crippen MR) is 59.0 cm³/mol. The summed E-state index contributed by atoms with van der Waals surface area (Å²) in [6, 6.07) is 0. The van der Waals surface area contributed by atoms with Gasteiger partial charge in [0.05, 0.1) is 0 Å². The van der Waals surface area contributed by atoms with Gasteiger partial charge in [-0.2, -0.15) is 11.8 Å². The molecule has 2 atom stereocenters. The molecule has 0 N–H and O–H groups in total. The van der Waals surface area contributed by atoms with Crippen molar-refractivity contribution >= 4 is 29.7 Å². The van der Waals surface area contributed by atoms with Gasteiger partial charge in [0.2, 0.25) is 0 Å². The number of amides is 2. The maximum absolute atomic E-state index is 11.4. The van der Waals surface area contributed by atoms with Gasteiger partial charge in [-0.3, -0.25) is 14.4 Å². The van der Waals surface area contributed by atoms with Crippen LogP contribution in [0.2, 0.25) is 0 Å². The molecular weight excluding hydrogens is 246 g/mol. The number of nitrogens with zero attached hydrogens (tertiary/aromatic N) is 1. The number of hydrogen-bond acceptors (Lipinski definition) is 6. The number of imide groups is 1. The van der Waals surface area contributed by atoms with Crippen LogP contribution in [0.5, 0.6) is 0 Å². The fourth-order valence-electron chi connectivity index (χ4n) is 1.74. The average molecular weight is 259 g/mol. The van der Waals surface area contributed by atoms with E-state index >= 15 is 0 Å². The second kappa shape index (κ2) is 4.95. The van der Waals surface area contributed by atoms with Crippen LogP contribution >= 0.6 is 11.8 Å². The largest absolute Gasteiger partial charge is 0.534 e. The van der Waals surface area contributed by atoms with Gasteiger partial charge in [-0.15, -0.1) is 0 Å². The molecule has 6 nitrogen and oxygen atoms in total. The average Bonchev–Trinajstić information content (AvgIpc) is 2.80. The lowest BCUT2D eigenvalue weighted by molar-refractivity contribution is -0.178. The van der Waals surface area contributed by atoms with Crippen molar-refractivity contribution in [1.82, 2.24) is 5.06 Å². The Morgan fingerprint density at radius 2 is 2.00 bits per heavy atom. The second-order valence-corrected chi connectivity index (χ2v) is 5.43. The van der Waals surface area contributed by atoms with Gasteiger partial charge in [-0.1, -0.05) is 5.06 Å². The molecule has 2 aliphatic heterocycles. The summed E-state index contributed by atoms with van der Waals surface area (Å²) < 4.78 is 5.05. The Kier molecular flexibility index (Phi) is 3.56. The minimum atomic E-state index is -0.979. The van der Waals surface area contributed by atoms with E-state index in [1.165, 1.54) is 0 Å². The zero-order valence-electron chi connectivity index (χ0n) is 9.38. The van der Waals surface area contributed by atoms with Gasteiger partial charge < -0.3 is 4.74 Å². The summed E-state index contributed by atoms with van der Waals surface area (Å²) in [4.78, 5) is 38.4. The van der Waals surface area contributed by atoms with Crippen LogP contribution in [-0.2, 0) is 19.2 Å². The minimum absolute atomic E-state index is 0.0851. The van der Waals surface area contributed by atoms with E-state index in [1.807, 2.05) is 6.92 Å². The summed E-state index contributed by atoms with van der Waals surface area (Å²) in [5.74, 6) is -0.0673. The summed E-state index contributed by atoms with van der Waals surface area (Å²) in [7, 11) is 0. The van der Waals surface area contributed by atoms with Crippen LogP contribution in [-0.4, -0.2) is 40.1 Å². The maximum Gasteiger partial charge on any atom is 0.534 e. The van der Waals surface area contributed by atoms with Crippen molar-refractivity contribution in [3.8, 4) is 0 Å². The first-order chi connectivity index (χ1) is 8.08. The highest BCUT2D eigenvalue weighted by atomic mass is 32.2. The Morgan fingerprint density at radius 3 is 2.53 bits per heavy atom. The molecule has 17 heavy (non-hydrogen) atoms. The van der Waals surface area contributed by atoms with Gasteiger partial charge in [-0.05, 0) is 19.1 Å². The number of rotatable bonds is 2. The van der Waals surface area contributed by atoms with E-state index in [2.05, 4.69) is 4.84 Å². The first-order valence-electron chi connectivity index (χ1n) is 5.44. The van der Waals surface area contributed by atoms with Crippen LogP contribution in [0.3, 0.4) is 0 Å².